The molecule has 1 saturated carbocycles. The molecule has 1 aromatic carbocycles. The lowest BCUT2D eigenvalue weighted by Crippen LogP contribution is -2.57. The van der Waals surface area contributed by atoms with Crippen molar-refractivity contribution in [1.82, 2.24) is 10.2 Å². The van der Waals surface area contributed by atoms with Gasteiger partial charge in [-0.2, -0.15) is 0 Å². The molecule has 0 aliphatic heterocycles. The van der Waals surface area contributed by atoms with Crippen molar-refractivity contribution in [3.8, 4) is 0 Å². The smallest absolute Gasteiger partial charge is 0.0314 e. The average molecular weight is 329 g/mol. The Kier molecular flexibility index (Phi) is 7.06. The van der Waals surface area contributed by atoms with Crippen LogP contribution in [0.25, 0.3) is 6.08 Å². The molecule has 1 fully saturated rings. The zero-order valence-corrected chi connectivity index (χ0v) is 16.1. The maximum atomic E-state index is 3.96. The maximum Gasteiger partial charge on any atom is 0.0314 e. The van der Waals surface area contributed by atoms with Gasteiger partial charge >= 0.3 is 0 Å². The Morgan fingerprint density at radius 2 is 1.96 bits per heavy atom. The van der Waals surface area contributed by atoms with Crippen LogP contribution in [-0.2, 0) is 6.54 Å². The number of rotatable bonds is 9. The van der Waals surface area contributed by atoms with E-state index in [0.717, 1.165) is 12.5 Å². The molecule has 1 aliphatic carbocycles. The molecule has 2 rings (SSSR count). The summed E-state index contributed by atoms with van der Waals surface area (Å²) in [5, 5.41) is 3.96. The molecule has 0 spiro atoms. The molecule has 1 aliphatic rings. The second kappa shape index (κ2) is 8.82. The minimum Gasteiger partial charge on any atom is -0.306 e. The average Bonchev–Trinajstić information content (AvgIpc) is 3.06. The van der Waals surface area contributed by atoms with Crippen molar-refractivity contribution >= 4 is 6.08 Å². The number of hydrogen-bond acceptors (Lipinski definition) is 2. The van der Waals surface area contributed by atoms with Crippen molar-refractivity contribution < 1.29 is 0 Å². The number of hydrogen-bond donors (Lipinski definition) is 1. The Morgan fingerprint density at radius 1 is 1.29 bits per heavy atom. The van der Waals surface area contributed by atoms with Crippen LogP contribution in [0.4, 0.5) is 0 Å². The summed E-state index contributed by atoms with van der Waals surface area (Å²) < 4.78 is 0. The van der Waals surface area contributed by atoms with E-state index >= 15 is 0 Å². The summed E-state index contributed by atoms with van der Waals surface area (Å²) in [7, 11) is 4.45. The fraction of sp³-hybridized carbons (Fsp3) is 0.636. The lowest BCUT2D eigenvalue weighted by Gasteiger charge is -2.44. The highest BCUT2D eigenvalue weighted by Crippen LogP contribution is 2.35. The van der Waals surface area contributed by atoms with Gasteiger partial charge in [0.1, 0.15) is 0 Å². The molecule has 1 aromatic rings. The molecule has 0 radical (unpaired) electrons. The molecule has 134 valence electrons. The predicted octanol–water partition coefficient (Wildman–Crippen LogP) is 5.10. The van der Waals surface area contributed by atoms with E-state index in [-0.39, 0.29) is 5.54 Å². The summed E-state index contributed by atoms with van der Waals surface area (Å²) >= 11 is 0. The van der Waals surface area contributed by atoms with Crippen LogP contribution < -0.4 is 5.32 Å². The Morgan fingerprint density at radius 3 is 2.54 bits per heavy atom. The number of benzene rings is 1. The van der Waals surface area contributed by atoms with Gasteiger partial charge < -0.3 is 10.2 Å². The van der Waals surface area contributed by atoms with Crippen LogP contribution >= 0.6 is 0 Å². The highest BCUT2D eigenvalue weighted by Gasteiger charge is 2.37. The normalized spacial score (nSPS) is 19.4. The summed E-state index contributed by atoms with van der Waals surface area (Å²) in [6.45, 7) is 9.63. The molecule has 1 N–H and O–H groups in total. The third kappa shape index (κ3) is 4.70. The summed E-state index contributed by atoms with van der Waals surface area (Å²) in [6.07, 6.45) is 10.1. The Bertz CT molecular complexity index is 516. The first kappa shape index (κ1) is 19.2. The van der Waals surface area contributed by atoms with Crippen LogP contribution in [0.3, 0.4) is 0 Å². The number of likely N-dealkylation sites (N-methyl/N-ethyl adjacent to an activating group) is 1. The molecule has 0 aromatic heterocycles. The minimum atomic E-state index is 0.140. The van der Waals surface area contributed by atoms with Crippen LogP contribution in [-0.4, -0.2) is 30.6 Å². The molecule has 0 heterocycles. The third-order valence-electron chi connectivity index (χ3n) is 5.89. The molecule has 2 atom stereocenters. The monoisotopic (exact) mass is 328 g/mol. The van der Waals surface area contributed by atoms with Gasteiger partial charge in [-0.25, -0.2) is 0 Å². The van der Waals surface area contributed by atoms with Crippen molar-refractivity contribution in [2.24, 2.45) is 5.92 Å². The van der Waals surface area contributed by atoms with Gasteiger partial charge in [0, 0.05) is 18.1 Å². The van der Waals surface area contributed by atoms with Gasteiger partial charge in [-0.15, -0.1) is 0 Å². The van der Waals surface area contributed by atoms with E-state index in [0.29, 0.717) is 6.04 Å². The maximum absolute atomic E-state index is 3.96. The van der Waals surface area contributed by atoms with Crippen LogP contribution in [0, 0.1) is 5.92 Å². The quantitative estimate of drug-likeness (QED) is 0.678. The molecule has 2 nitrogen and oxygen atoms in total. The van der Waals surface area contributed by atoms with E-state index in [1.807, 2.05) is 6.08 Å². The second-order valence-corrected chi connectivity index (χ2v) is 7.92. The van der Waals surface area contributed by atoms with Gasteiger partial charge in [-0.1, -0.05) is 69.5 Å². The lowest BCUT2D eigenvalue weighted by atomic mass is 9.80. The molecule has 0 saturated heterocycles. The first-order valence-corrected chi connectivity index (χ1v) is 9.62. The zero-order valence-electron chi connectivity index (χ0n) is 16.1. The van der Waals surface area contributed by atoms with Crippen molar-refractivity contribution in [3.63, 3.8) is 0 Å². The van der Waals surface area contributed by atoms with E-state index in [2.05, 4.69) is 69.0 Å². The molecule has 0 bridgehead atoms. The highest BCUT2D eigenvalue weighted by molar-refractivity contribution is 5.51. The van der Waals surface area contributed by atoms with Gasteiger partial charge in [0.05, 0.1) is 0 Å². The van der Waals surface area contributed by atoms with E-state index in [9.17, 15) is 0 Å². The van der Waals surface area contributed by atoms with E-state index < -0.39 is 0 Å². The fourth-order valence-corrected chi connectivity index (χ4v) is 4.72. The minimum absolute atomic E-state index is 0.140. The first-order chi connectivity index (χ1) is 11.5. The van der Waals surface area contributed by atoms with E-state index in [1.165, 1.54) is 49.7 Å². The Labute approximate surface area is 149 Å². The SMILES string of the molecule is C=Cc1ccccc1CNC(C)(CC1CCCC1)C(CC)N(C)C. The van der Waals surface area contributed by atoms with Crippen LogP contribution in [0.2, 0.25) is 0 Å². The van der Waals surface area contributed by atoms with Crippen molar-refractivity contribution in [2.45, 2.75) is 70.5 Å². The number of nitrogens with one attached hydrogen (secondary N) is 1. The molecule has 2 unspecified atom stereocenters. The lowest BCUT2D eigenvalue weighted by molar-refractivity contribution is 0.121. The Balaban J connectivity index is 2.16. The zero-order chi connectivity index (χ0) is 17.6. The highest BCUT2D eigenvalue weighted by atomic mass is 15.2. The van der Waals surface area contributed by atoms with Gasteiger partial charge in [0.25, 0.3) is 0 Å². The summed E-state index contributed by atoms with van der Waals surface area (Å²) in [5.41, 5.74) is 2.73. The number of nitrogens with zero attached hydrogens (tertiary/aromatic N) is 1. The molecule has 0 amide bonds. The van der Waals surface area contributed by atoms with Crippen LogP contribution in [0.5, 0.6) is 0 Å². The van der Waals surface area contributed by atoms with Crippen molar-refractivity contribution in [3.05, 3.63) is 42.0 Å². The van der Waals surface area contributed by atoms with Gasteiger partial charge in [-0.05, 0) is 50.9 Å². The third-order valence-corrected chi connectivity index (χ3v) is 5.89. The van der Waals surface area contributed by atoms with Gasteiger partial charge in [0.2, 0.25) is 0 Å². The van der Waals surface area contributed by atoms with E-state index in [1.54, 1.807) is 0 Å². The summed E-state index contributed by atoms with van der Waals surface area (Å²) in [4.78, 5) is 2.40. The summed E-state index contributed by atoms with van der Waals surface area (Å²) in [6, 6.07) is 9.14. The Hall–Kier alpha value is -1.12. The molecular weight excluding hydrogens is 292 g/mol. The van der Waals surface area contributed by atoms with Gasteiger partial charge in [0.15, 0.2) is 0 Å². The molecule has 2 heteroatoms. The van der Waals surface area contributed by atoms with Gasteiger partial charge in [-0.3, -0.25) is 0 Å². The fourth-order valence-electron chi connectivity index (χ4n) is 4.72. The second-order valence-electron chi connectivity index (χ2n) is 7.92. The standard InChI is InChI=1S/C22H36N2/c1-6-19-14-10-11-15-20(19)17-23-22(3,21(7-2)24(4)5)16-18-12-8-9-13-18/h6,10-11,14-15,18,21,23H,1,7-9,12-13,16-17H2,2-5H3. The summed E-state index contributed by atoms with van der Waals surface area (Å²) in [5.74, 6) is 0.881. The van der Waals surface area contributed by atoms with Crippen LogP contribution in [0.1, 0.15) is 63.5 Å². The topological polar surface area (TPSA) is 15.3 Å². The van der Waals surface area contributed by atoms with Crippen molar-refractivity contribution in [2.75, 3.05) is 14.1 Å². The largest absolute Gasteiger partial charge is 0.306 e. The molecular formula is C22H36N2. The van der Waals surface area contributed by atoms with E-state index in [4.69, 9.17) is 0 Å². The van der Waals surface area contributed by atoms with Crippen molar-refractivity contribution in [1.29, 1.82) is 0 Å². The molecule has 24 heavy (non-hydrogen) atoms. The van der Waals surface area contributed by atoms with Crippen LogP contribution in [0.15, 0.2) is 30.8 Å². The predicted molar refractivity (Wildman–Crippen MR) is 106 cm³/mol. The first-order valence-electron chi connectivity index (χ1n) is 9.62.